The molecular formula is C42H54I2O8S2. The number of hydrogen-bond acceptors (Lipinski definition) is 9. The monoisotopic (exact) mass is 1000 g/mol. The van der Waals surface area contributed by atoms with Crippen LogP contribution in [0.3, 0.4) is 0 Å². The van der Waals surface area contributed by atoms with Gasteiger partial charge in [-0.1, -0.05) is 87.4 Å². The Morgan fingerprint density at radius 2 is 0.981 bits per heavy atom. The minimum atomic E-state index is -4.60. The summed E-state index contributed by atoms with van der Waals surface area (Å²) in [5.74, 6) is 1.87. The Kier molecular flexibility index (Phi) is 22.2. The van der Waals surface area contributed by atoms with E-state index in [1.165, 1.54) is 49.4 Å². The van der Waals surface area contributed by atoms with Crippen molar-refractivity contribution in [3.8, 4) is 0 Å². The van der Waals surface area contributed by atoms with Gasteiger partial charge in [0.2, 0.25) is 10.4 Å². The lowest BCUT2D eigenvalue weighted by Crippen LogP contribution is -3.61. The van der Waals surface area contributed by atoms with Gasteiger partial charge in [0.15, 0.2) is 26.6 Å². The molecule has 4 aromatic rings. The minimum Gasteiger partial charge on any atom is -0.726 e. The molecule has 8 nitrogen and oxygen atoms in total. The summed E-state index contributed by atoms with van der Waals surface area (Å²) in [5, 5.41) is 12.6. The van der Waals surface area contributed by atoms with Gasteiger partial charge in [0.1, 0.15) is 0 Å². The van der Waals surface area contributed by atoms with E-state index in [0.717, 1.165) is 37.5 Å². The predicted molar refractivity (Wildman–Crippen MR) is 204 cm³/mol. The summed E-state index contributed by atoms with van der Waals surface area (Å²) in [6.07, 6.45) is 5.59. The molecule has 1 saturated carbocycles. The molecule has 4 aromatic carbocycles. The minimum absolute atomic E-state index is 0.0179. The molecule has 0 amide bonds. The largest absolute Gasteiger partial charge is 0.726 e. The van der Waals surface area contributed by atoms with Crippen LogP contribution in [0, 0.1) is 51.8 Å². The summed E-state index contributed by atoms with van der Waals surface area (Å²) >= 11 is 0.445. The molecule has 5 rings (SSSR count). The maximum Gasteiger partial charge on any atom is 0.357 e. The molecule has 0 unspecified atom stereocenters. The normalized spacial score (nSPS) is 15.7. The lowest BCUT2D eigenvalue weighted by molar-refractivity contribution is -0.777. The summed E-state index contributed by atoms with van der Waals surface area (Å²) in [5.41, 5.74) is 5.61. The van der Waals surface area contributed by atoms with Crippen molar-refractivity contribution in [3.05, 3.63) is 134 Å². The molecule has 0 heterocycles. The first kappa shape index (κ1) is 46.8. The number of halogens is 2. The molecule has 0 radical (unpaired) electrons. The van der Waals surface area contributed by atoms with Crippen molar-refractivity contribution in [3.63, 3.8) is 0 Å². The Bertz CT molecular complexity index is 1600. The fourth-order valence-corrected chi connectivity index (χ4v) is 10.6. The second-order valence-corrected chi connectivity index (χ2v) is 21.9. The summed E-state index contributed by atoms with van der Waals surface area (Å²) in [6, 6.07) is 36.3. The van der Waals surface area contributed by atoms with Crippen LogP contribution in [-0.4, -0.2) is 26.2 Å². The molecule has 0 bridgehead atoms. The van der Waals surface area contributed by atoms with E-state index < -0.39 is 10.4 Å². The van der Waals surface area contributed by atoms with Gasteiger partial charge in [-0.05, 0) is 136 Å². The van der Waals surface area contributed by atoms with Crippen LogP contribution >= 0.6 is 12.3 Å². The molecule has 0 N–H and O–H groups in total. The van der Waals surface area contributed by atoms with E-state index in [1.807, 2.05) is 0 Å². The fourth-order valence-electron chi connectivity index (χ4n) is 5.65. The van der Waals surface area contributed by atoms with Crippen LogP contribution in [-0.2, 0) is 41.0 Å². The van der Waals surface area contributed by atoms with E-state index in [0.29, 0.717) is 24.8 Å². The molecule has 0 aliphatic heterocycles. The van der Waals surface area contributed by atoms with E-state index in [9.17, 15) is 18.2 Å². The molecule has 1 fully saturated rings. The first-order chi connectivity index (χ1) is 25.8. The zero-order valence-corrected chi connectivity index (χ0v) is 38.0. The number of hydrogen-bond donors (Lipinski definition) is 0. The third-order valence-corrected chi connectivity index (χ3v) is 14.5. The summed E-state index contributed by atoms with van der Waals surface area (Å²) in [6.45, 7) is 13.7. The van der Waals surface area contributed by atoms with Crippen LogP contribution in [0.5, 0.6) is 0 Å². The summed E-state index contributed by atoms with van der Waals surface area (Å²) in [7, 11) is -4.60. The molecule has 0 spiro atoms. The van der Waals surface area contributed by atoms with E-state index in [1.54, 1.807) is 0 Å². The Morgan fingerprint density at radius 1 is 0.630 bits per heavy atom. The van der Waals surface area contributed by atoms with Crippen molar-refractivity contribution in [2.75, 3.05) is 13.2 Å². The maximum absolute atomic E-state index is 10.3. The van der Waals surface area contributed by atoms with Gasteiger partial charge in [-0.15, -0.1) is 4.33 Å². The molecule has 1 aliphatic rings. The van der Waals surface area contributed by atoms with Gasteiger partial charge in [-0.25, -0.2) is 8.42 Å². The van der Waals surface area contributed by atoms with Gasteiger partial charge in [0.05, 0.1) is 13.2 Å². The molecule has 0 atom stereocenters. The fraction of sp³-hybridized carbons (Fsp3) is 0.429. The van der Waals surface area contributed by atoms with Crippen LogP contribution in [0.1, 0.15) is 75.6 Å². The van der Waals surface area contributed by atoms with Crippen LogP contribution in [0.15, 0.2) is 97.1 Å². The average molecular weight is 1000 g/mol. The maximum atomic E-state index is 10.3. The number of benzene rings is 4. The molecular weight excluding hydrogens is 950 g/mol. The second-order valence-electron chi connectivity index (χ2n) is 14.3. The Balaban J connectivity index is 0.000000218. The molecule has 1 aliphatic carbocycles. The van der Waals surface area contributed by atoms with Crippen molar-refractivity contribution in [2.24, 2.45) is 23.7 Å². The smallest absolute Gasteiger partial charge is 0.357 e. The third-order valence-electron chi connectivity index (χ3n) is 8.39. The molecule has 54 heavy (non-hydrogen) atoms. The van der Waals surface area contributed by atoms with Crippen molar-refractivity contribution < 1.29 is 78.4 Å². The SMILES string of the molecule is Cc1ccc([I+]c2ccc(CC(C)C)cc2)cc1.Cc1ccc([I+]c2ccc(CC(C)C)cc2)cc1.O=S(=O)([O-])OCC1CCC(COSOO[O-])CC1. The molecule has 296 valence electrons. The second kappa shape index (κ2) is 25.6. The standard InChI is InChI=1S/2C17H20I.C8H16O8S2/c2*1-13(2)12-15-6-10-17(11-7-15)18-16-8-4-14(3)5-9-16;9-15-16-17-13-5-7-1-3-8(4-2-7)6-14-18(10,11)12/h2*4-11,13H,12H2,1-3H3;7-9H,1-6H2,(H,10,11,12)/q2*+1;/p-2. The zero-order valence-electron chi connectivity index (χ0n) is 32.0. The lowest BCUT2D eigenvalue weighted by Gasteiger charge is -2.27. The Hall–Kier alpha value is -1.60. The number of aryl methyl sites for hydroxylation is 2. The average Bonchev–Trinajstić information content (AvgIpc) is 3.13. The van der Waals surface area contributed by atoms with Gasteiger partial charge in [0, 0.05) is 0 Å². The van der Waals surface area contributed by atoms with E-state index >= 15 is 0 Å². The first-order valence-corrected chi connectivity index (χ1v) is 24.5. The van der Waals surface area contributed by atoms with Crippen LogP contribution in [0.25, 0.3) is 0 Å². The van der Waals surface area contributed by atoms with E-state index in [4.69, 9.17) is 4.18 Å². The lowest BCUT2D eigenvalue weighted by atomic mass is 9.83. The van der Waals surface area contributed by atoms with E-state index in [-0.39, 0.29) is 54.9 Å². The van der Waals surface area contributed by atoms with Crippen molar-refractivity contribution in [1.29, 1.82) is 0 Å². The highest BCUT2D eigenvalue weighted by molar-refractivity contribution is 7.89. The van der Waals surface area contributed by atoms with Crippen molar-refractivity contribution >= 4 is 22.7 Å². The predicted octanol–water partition coefficient (Wildman–Crippen LogP) is 2.72. The first-order valence-electron chi connectivity index (χ1n) is 18.2. The summed E-state index contributed by atoms with van der Waals surface area (Å²) in [4.78, 5) is 0. The third kappa shape index (κ3) is 21.1. The van der Waals surface area contributed by atoms with Gasteiger partial charge >= 0.3 is 42.4 Å². The van der Waals surface area contributed by atoms with E-state index in [2.05, 4.69) is 152 Å². The quantitative estimate of drug-likeness (QED) is 0.0318. The van der Waals surface area contributed by atoms with Crippen molar-refractivity contribution in [1.82, 2.24) is 0 Å². The Morgan fingerprint density at radius 3 is 1.31 bits per heavy atom. The van der Waals surface area contributed by atoms with Crippen molar-refractivity contribution in [2.45, 2.75) is 80.1 Å². The van der Waals surface area contributed by atoms with Crippen LogP contribution < -0.4 is 47.7 Å². The highest BCUT2D eigenvalue weighted by Gasteiger charge is 2.22. The molecule has 0 aromatic heterocycles. The van der Waals surface area contributed by atoms with Gasteiger partial charge in [-0.3, -0.25) is 13.4 Å². The zero-order chi connectivity index (χ0) is 39.3. The van der Waals surface area contributed by atoms with Gasteiger partial charge < -0.3 is 9.81 Å². The van der Waals surface area contributed by atoms with Crippen LogP contribution in [0.4, 0.5) is 0 Å². The molecule has 12 heteroatoms. The van der Waals surface area contributed by atoms with Gasteiger partial charge in [-0.2, -0.15) is 0 Å². The highest BCUT2D eigenvalue weighted by Crippen LogP contribution is 2.30. The highest BCUT2D eigenvalue weighted by atomic mass is 127. The topological polar surface area (TPSA) is 117 Å². The Labute approximate surface area is 348 Å². The molecule has 0 saturated heterocycles. The van der Waals surface area contributed by atoms with Crippen LogP contribution in [0.2, 0.25) is 0 Å². The summed E-state index contributed by atoms with van der Waals surface area (Å²) < 4.78 is 50.0. The number of rotatable bonds is 16. The van der Waals surface area contributed by atoms with Gasteiger partial charge in [0.25, 0.3) is 0 Å².